The van der Waals surface area contributed by atoms with E-state index in [1.807, 2.05) is 85.7 Å². The molecule has 2 aromatic rings. The van der Waals surface area contributed by atoms with Crippen LogP contribution in [0.3, 0.4) is 0 Å². The first-order chi connectivity index (χ1) is 12.1. The number of benzene rings is 2. The molecule has 0 saturated carbocycles. The minimum atomic E-state index is -0.628. The molecule has 0 spiro atoms. The summed E-state index contributed by atoms with van der Waals surface area (Å²) in [4.78, 5) is 14.0. The Labute approximate surface area is 148 Å². The molecule has 2 aromatic carbocycles. The molecule has 0 bridgehead atoms. The first-order valence-electron chi connectivity index (χ1n) is 7.88. The van der Waals surface area contributed by atoms with Crippen LogP contribution >= 0.6 is 0 Å². The maximum Gasteiger partial charge on any atom is 0.349 e. The van der Waals surface area contributed by atoms with Gasteiger partial charge in [0.25, 0.3) is 0 Å². The smallest absolute Gasteiger partial charge is 0.349 e. The molecule has 0 fully saturated rings. The third kappa shape index (κ3) is 5.67. The van der Waals surface area contributed by atoms with E-state index in [1.165, 1.54) is 6.08 Å². The van der Waals surface area contributed by atoms with E-state index in [-0.39, 0.29) is 12.2 Å². The van der Waals surface area contributed by atoms with Gasteiger partial charge >= 0.3 is 5.97 Å². The Bertz CT molecular complexity index is 798. The maximum atomic E-state index is 12.0. The summed E-state index contributed by atoms with van der Waals surface area (Å²) in [6.07, 6.45) is 5.14. The average Bonchev–Trinajstić information content (AvgIpc) is 2.64. The molecule has 0 unspecified atom stereocenters. The monoisotopic (exact) mass is 332 g/mol. The quantitative estimate of drug-likeness (QED) is 0.457. The number of anilines is 1. The Morgan fingerprint density at radius 2 is 1.76 bits per heavy atom. The highest BCUT2D eigenvalue weighted by molar-refractivity contribution is 5.98. The summed E-state index contributed by atoms with van der Waals surface area (Å²) in [5, 5.41) is 9.19. The minimum Gasteiger partial charge on any atom is -0.457 e. The van der Waals surface area contributed by atoms with E-state index >= 15 is 0 Å². The zero-order valence-electron chi connectivity index (χ0n) is 14.3. The van der Waals surface area contributed by atoms with E-state index in [0.29, 0.717) is 0 Å². The molecule has 4 heteroatoms. The molecule has 0 N–H and O–H groups in total. The highest BCUT2D eigenvalue weighted by Gasteiger charge is 2.09. The van der Waals surface area contributed by atoms with Crippen LogP contribution in [0.5, 0.6) is 0 Å². The summed E-state index contributed by atoms with van der Waals surface area (Å²) in [5.41, 5.74) is 2.82. The third-order valence-electron chi connectivity index (χ3n) is 3.48. The van der Waals surface area contributed by atoms with Gasteiger partial charge in [-0.3, -0.25) is 0 Å². The molecule has 0 amide bonds. The first-order valence-corrected chi connectivity index (χ1v) is 7.88. The summed E-state index contributed by atoms with van der Waals surface area (Å²) in [6, 6.07) is 19.2. The van der Waals surface area contributed by atoms with Gasteiger partial charge in [-0.25, -0.2) is 4.79 Å². The Kier molecular flexibility index (Phi) is 6.56. The SMILES string of the molecule is CN(C)c1ccc(/C=C(\C#N)C(=O)OC/C=C/c2ccccc2)cc1. The van der Waals surface area contributed by atoms with E-state index in [4.69, 9.17) is 4.74 Å². The molecule has 0 atom stereocenters. The third-order valence-corrected chi connectivity index (χ3v) is 3.48. The second-order valence-electron chi connectivity index (χ2n) is 5.57. The van der Waals surface area contributed by atoms with Gasteiger partial charge in [-0.2, -0.15) is 5.26 Å². The van der Waals surface area contributed by atoms with Gasteiger partial charge in [-0.1, -0.05) is 48.5 Å². The largest absolute Gasteiger partial charge is 0.457 e. The highest BCUT2D eigenvalue weighted by Crippen LogP contribution is 2.15. The minimum absolute atomic E-state index is 0.0225. The van der Waals surface area contributed by atoms with Crippen molar-refractivity contribution in [1.82, 2.24) is 0 Å². The molecule has 0 radical (unpaired) electrons. The zero-order valence-corrected chi connectivity index (χ0v) is 14.3. The van der Waals surface area contributed by atoms with Crippen molar-refractivity contribution in [3.63, 3.8) is 0 Å². The number of carbonyl (C=O) groups excluding carboxylic acids is 1. The summed E-state index contributed by atoms with van der Waals surface area (Å²) in [6.45, 7) is 0.117. The van der Waals surface area contributed by atoms with Gasteiger partial charge in [0.1, 0.15) is 18.2 Å². The molecule has 25 heavy (non-hydrogen) atoms. The number of rotatable bonds is 6. The molecular formula is C21H20N2O2. The van der Waals surface area contributed by atoms with E-state index in [9.17, 15) is 10.1 Å². The summed E-state index contributed by atoms with van der Waals surface area (Å²) in [7, 11) is 3.90. The summed E-state index contributed by atoms with van der Waals surface area (Å²) >= 11 is 0. The van der Waals surface area contributed by atoms with Gasteiger partial charge in [-0.05, 0) is 35.4 Å². The average molecular weight is 332 g/mol. The zero-order chi connectivity index (χ0) is 18.1. The van der Waals surface area contributed by atoms with Gasteiger partial charge in [0.15, 0.2) is 0 Å². The fourth-order valence-corrected chi connectivity index (χ4v) is 2.12. The topological polar surface area (TPSA) is 53.3 Å². The molecule has 0 aliphatic carbocycles. The highest BCUT2D eigenvalue weighted by atomic mass is 16.5. The molecule has 0 aliphatic heterocycles. The van der Waals surface area contributed by atoms with Crippen molar-refractivity contribution in [2.24, 2.45) is 0 Å². The van der Waals surface area contributed by atoms with Gasteiger partial charge in [-0.15, -0.1) is 0 Å². The van der Waals surface area contributed by atoms with Crippen LogP contribution in [-0.4, -0.2) is 26.7 Å². The number of esters is 1. The van der Waals surface area contributed by atoms with Crippen molar-refractivity contribution in [3.8, 4) is 6.07 Å². The van der Waals surface area contributed by atoms with Crippen LogP contribution < -0.4 is 4.90 Å². The van der Waals surface area contributed by atoms with Crippen molar-refractivity contribution >= 4 is 23.8 Å². The summed E-state index contributed by atoms with van der Waals surface area (Å²) in [5.74, 6) is -0.628. The van der Waals surface area contributed by atoms with Crippen LogP contribution in [-0.2, 0) is 9.53 Å². The lowest BCUT2D eigenvalue weighted by Crippen LogP contribution is -2.08. The number of hydrogen-bond acceptors (Lipinski definition) is 4. The molecule has 0 aliphatic rings. The molecule has 0 heterocycles. The Morgan fingerprint density at radius 3 is 2.36 bits per heavy atom. The summed E-state index contributed by atoms with van der Waals surface area (Å²) < 4.78 is 5.13. The fraction of sp³-hybridized carbons (Fsp3) is 0.143. The van der Waals surface area contributed by atoms with Crippen LogP contribution in [0.2, 0.25) is 0 Å². The predicted molar refractivity (Wildman–Crippen MR) is 101 cm³/mol. The standard InChI is InChI=1S/C21H20N2O2/c1-23(2)20-12-10-18(11-13-20)15-19(16-22)21(24)25-14-6-9-17-7-4-3-5-8-17/h3-13,15H,14H2,1-2H3/b9-6+,19-15+. The molecule has 0 saturated heterocycles. The Hall–Kier alpha value is -3.32. The van der Waals surface area contributed by atoms with E-state index in [0.717, 1.165) is 16.8 Å². The predicted octanol–water partition coefficient (Wildman–Crippen LogP) is 3.92. The number of ether oxygens (including phenoxy) is 1. The van der Waals surface area contributed by atoms with Crippen LogP contribution in [0.25, 0.3) is 12.2 Å². The van der Waals surface area contributed by atoms with Crippen molar-refractivity contribution in [2.75, 3.05) is 25.6 Å². The number of hydrogen-bond donors (Lipinski definition) is 0. The first kappa shape index (κ1) is 18.0. The number of carbonyl (C=O) groups is 1. The molecule has 4 nitrogen and oxygen atoms in total. The van der Waals surface area contributed by atoms with Crippen molar-refractivity contribution in [1.29, 1.82) is 5.26 Å². The fourth-order valence-electron chi connectivity index (χ4n) is 2.12. The van der Waals surface area contributed by atoms with Crippen molar-refractivity contribution in [3.05, 3.63) is 77.4 Å². The van der Waals surface area contributed by atoms with Gasteiger partial charge in [0.2, 0.25) is 0 Å². The van der Waals surface area contributed by atoms with Gasteiger partial charge in [0.05, 0.1) is 0 Å². The lowest BCUT2D eigenvalue weighted by atomic mass is 10.1. The van der Waals surface area contributed by atoms with Crippen LogP contribution in [0.1, 0.15) is 11.1 Å². The Morgan fingerprint density at radius 1 is 1.08 bits per heavy atom. The molecule has 2 rings (SSSR count). The lowest BCUT2D eigenvalue weighted by Gasteiger charge is -2.11. The Balaban J connectivity index is 1.96. The molecule has 0 aromatic heterocycles. The maximum absolute atomic E-state index is 12.0. The van der Waals surface area contributed by atoms with Crippen LogP contribution in [0, 0.1) is 11.3 Å². The van der Waals surface area contributed by atoms with Crippen LogP contribution in [0.15, 0.2) is 66.2 Å². The molecule has 126 valence electrons. The number of nitrogens with zero attached hydrogens (tertiary/aromatic N) is 2. The normalized spacial score (nSPS) is 11.2. The van der Waals surface area contributed by atoms with Crippen LogP contribution in [0.4, 0.5) is 5.69 Å². The van der Waals surface area contributed by atoms with Crippen molar-refractivity contribution in [2.45, 2.75) is 0 Å². The van der Waals surface area contributed by atoms with E-state index in [1.54, 1.807) is 6.08 Å². The molecular weight excluding hydrogens is 312 g/mol. The van der Waals surface area contributed by atoms with Crippen molar-refractivity contribution < 1.29 is 9.53 Å². The van der Waals surface area contributed by atoms with Gasteiger partial charge in [0, 0.05) is 19.8 Å². The van der Waals surface area contributed by atoms with E-state index in [2.05, 4.69) is 0 Å². The van der Waals surface area contributed by atoms with E-state index < -0.39 is 5.97 Å². The lowest BCUT2D eigenvalue weighted by molar-refractivity contribution is -0.137. The number of nitriles is 1. The van der Waals surface area contributed by atoms with Gasteiger partial charge < -0.3 is 9.64 Å². The second kappa shape index (κ2) is 9.09. The second-order valence-corrected chi connectivity index (χ2v) is 5.57.